The van der Waals surface area contributed by atoms with Gasteiger partial charge in [0.1, 0.15) is 10.8 Å². The average molecular weight is 271 g/mol. The van der Waals surface area contributed by atoms with Crippen LogP contribution in [0, 0.1) is 5.82 Å². The highest BCUT2D eigenvalue weighted by molar-refractivity contribution is 7.99. The molecule has 0 unspecified atom stereocenters. The topological polar surface area (TPSA) is 51.8 Å². The summed E-state index contributed by atoms with van der Waals surface area (Å²) in [4.78, 5) is 9.35. The number of rotatable bonds is 2. The minimum absolute atomic E-state index is 0.239. The van der Waals surface area contributed by atoms with Crippen molar-refractivity contribution in [2.75, 3.05) is 5.73 Å². The summed E-state index contributed by atoms with van der Waals surface area (Å²) in [6.45, 7) is 0. The van der Waals surface area contributed by atoms with Crippen LogP contribution in [-0.4, -0.2) is 9.97 Å². The number of hydrogen-bond donors (Lipinski definition) is 1. The number of fused-ring (bicyclic) bond motifs is 1. The van der Waals surface area contributed by atoms with Gasteiger partial charge in [-0.25, -0.2) is 14.4 Å². The molecule has 0 fully saturated rings. The Labute approximate surface area is 113 Å². The molecule has 0 spiro atoms. The lowest BCUT2D eigenvalue weighted by molar-refractivity contribution is 0.626. The number of nitrogen functional groups attached to an aromatic ring is 1. The van der Waals surface area contributed by atoms with Gasteiger partial charge in [-0.15, -0.1) is 0 Å². The average Bonchev–Trinajstić information content (AvgIpc) is 2.41. The first kappa shape index (κ1) is 11.9. The second-order valence-electron chi connectivity index (χ2n) is 3.96. The van der Waals surface area contributed by atoms with Gasteiger partial charge in [0, 0.05) is 10.3 Å². The monoisotopic (exact) mass is 271 g/mol. The number of aromatic nitrogens is 2. The summed E-state index contributed by atoms with van der Waals surface area (Å²) in [5.41, 5.74) is 6.51. The SMILES string of the molecule is Nc1nc(Sc2ccc(F)cc2)c2ccccc2n1. The minimum atomic E-state index is -0.253. The van der Waals surface area contributed by atoms with Gasteiger partial charge in [-0.1, -0.05) is 30.0 Å². The Bertz CT molecular complexity index is 728. The van der Waals surface area contributed by atoms with E-state index >= 15 is 0 Å². The van der Waals surface area contributed by atoms with Gasteiger partial charge in [0.15, 0.2) is 0 Å². The van der Waals surface area contributed by atoms with Crippen LogP contribution >= 0.6 is 11.8 Å². The van der Waals surface area contributed by atoms with E-state index in [2.05, 4.69) is 9.97 Å². The van der Waals surface area contributed by atoms with Crippen LogP contribution in [0.1, 0.15) is 0 Å². The standard InChI is InChI=1S/C14H10FN3S/c15-9-5-7-10(8-6-9)19-13-11-3-1-2-4-12(11)17-14(16)18-13/h1-8H,(H2,16,17,18). The maximum Gasteiger partial charge on any atom is 0.221 e. The Morgan fingerprint density at radius 1 is 0.947 bits per heavy atom. The van der Waals surface area contributed by atoms with E-state index in [1.807, 2.05) is 24.3 Å². The largest absolute Gasteiger partial charge is 0.368 e. The highest BCUT2D eigenvalue weighted by atomic mass is 32.2. The van der Waals surface area contributed by atoms with Crippen molar-refractivity contribution in [3.05, 3.63) is 54.3 Å². The molecule has 2 N–H and O–H groups in total. The molecule has 0 radical (unpaired) electrons. The van der Waals surface area contributed by atoms with E-state index in [0.29, 0.717) is 0 Å². The highest BCUT2D eigenvalue weighted by Gasteiger charge is 2.07. The molecule has 0 atom stereocenters. The lowest BCUT2D eigenvalue weighted by Gasteiger charge is -2.06. The maximum absolute atomic E-state index is 12.9. The van der Waals surface area contributed by atoms with Gasteiger partial charge in [0.05, 0.1) is 5.52 Å². The molecule has 1 heterocycles. The second-order valence-corrected chi connectivity index (χ2v) is 5.02. The van der Waals surface area contributed by atoms with Crippen molar-refractivity contribution in [3.8, 4) is 0 Å². The summed E-state index contributed by atoms with van der Waals surface area (Å²) >= 11 is 1.44. The third kappa shape index (κ3) is 2.51. The number of halogens is 1. The zero-order chi connectivity index (χ0) is 13.2. The predicted molar refractivity (Wildman–Crippen MR) is 74.5 cm³/mol. The quantitative estimate of drug-likeness (QED) is 0.725. The van der Waals surface area contributed by atoms with Gasteiger partial charge in [-0.3, -0.25) is 0 Å². The molecule has 0 bridgehead atoms. The van der Waals surface area contributed by atoms with Crippen molar-refractivity contribution < 1.29 is 4.39 Å². The zero-order valence-corrected chi connectivity index (χ0v) is 10.7. The van der Waals surface area contributed by atoms with Crippen LogP contribution in [-0.2, 0) is 0 Å². The Morgan fingerprint density at radius 2 is 1.68 bits per heavy atom. The number of nitrogens with two attached hydrogens (primary N) is 1. The van der Waals surface area contributed by atoms with Crippen LogP contribution < -0.4 is 5.73 Å². The van der Waals surface area contributed by atoms with Crippen LogP contribution in [0.5, 0.6) is 0 Å². The van der Waals surface area contributed by atoms with Crippen molar-refractivity contribution >= 4 is 28.6 Å². The normalized spacial score (nSPS) is 10.8. The van der Waals surface area contributed by atoms with Crippen molar-refractivity contribution in [2.45, 2.75) is 9.92 Å². The second kappa shape index (κ2) is 4.85. The Hall–Kier alpha value is -2.14. The third-order valence-electron chi connectivity index (χ3n) is 2.61. The lowest BCUT2D eigenvalue weighted by atomic mass is 10.2. The van der Waals surface area contributed by atoms with E-state index in [0.717, 1.165) is 20.8 Å². The van der Waals surface area contributed by atoms with Crippen LogP contribution in [0.25, 0.3) is 10.9 Å². The molecule has 19 heavy (non-hydrogen) atoms. The van der Waals surface area contributed by atoms with Crippen molar-refractivity contribution in [1.29, 1.82) is 0 Å². The smallest absolute Gasteiger partial charge is 0.221 e. The lowest BCUT2D eigenvalue weighted by Crippen LogP contribution is -1.97. The molecule has 3 nitrogen and oxygen atoms in total. The first-order valence-electron chi connectivity index (χ1n) is 5.68. The van der Waals surface area contributed by atoms with Crippen molar-refractivity contribution in [3.63, 3.8) is 0 Å². The summed E-state index contributed by atoms with van der Waals surface area (Å²) in [6.07, 6.45) is 0. The summed E-state index contributed by atoms with van der Waals surface area (Å²) in [5.74, 6) is -0.0141. The molecule has 0 aliphatic rings. The fourth-order valence-corrected chi connectivity index (χ4v) is 2.67. The van der Waals surface area contributed by atoms with Gasteiger partial charge in [-0.05, 0) is 30.3 Å². The molecule has 3 aromatic rings. The van der Waals surface area contributed by atoms with E-state index in [1.54, 1.807) is 12.1 Å². The van der Waals surface area contributed by atoms with Crippen LogP contribution in [0.4, 0.5) is 10.3 Å². The molecule has 0 aliphatic heterocycles. The van der Waals surface area contributed by atoms with Gasteiger partial charge in [0.25, 0.3) is 0 Å². The molecule has 1 aromatic heterocycles. The van der Waals surface area contributed by atoms with Crippen molar-refractivity contribution in [2.24, 2.45) is 0 Å². The molecule has 0 saturated carbocycles. The molecule has 0 amide bonds. The molecule has 2 aromatic carbocycles. The summed E-state index contributed by atoms with van der Waals surface area (Å²) in [7, 11) is 0. The molecule has 94 valence electrons. The van der Waals surface area contributed by atoms with Crippen LogP contribution in [0.3, 0.4) is 0 Å². The van der Waals surface area contributed by atoms with Gasteiger partial charge < -0.3 is 5.73 Å². The van der Waals surface area contributed by atoms with Gasteiger partial charge >= 0.3 is 0 Å². The van der Waals surface area contributed by atoms with E-state index in [-0.39, 0.29) is 11.8 Å². The molecule has 0 saturated heterocycles. The minimum Gasteiger partial charge on any atom is -0.368 e. The fourth-order valence-electron chi connectivity index (χ4n) is 1.76. The zero-order valence-electron chi connectivity index (χ0n) is 9.88. The van der Waals surface area contributed by atoms with Crippen LogP contribution in [0.2, 0.25) is 0 Å². The fraction of sp³-hybridized carbons (Fsp3) is 0. The van der Waals surface area contributed by atoms with E-state index < -0.39 is 0 Å². The first-order chi connectivity index (χ1) is 9.22. The Balaban J connectivity index is 2.07. The van der Waals surface area contributed by atoms with E-state index in [9.17, 15) is 4.39 Å². The molecular weight excluding hydrogens is 261 g/mol. The van der Waals surface area contributed by atoms with Gasteiger partial charge in [-0.2, -0.15) is 0 Å². The number of para-hydroxylation sites is 1. The number of anilines is 1. The molecule has 5 heteroatoms. The summed E-state index contributed by atoms with van der Waals surface area (Å²) in [6, 6.07) is 13.9. The van der Waals surface area contributed by atoms with Gasteiger partial charge in [0.2, 0.25) is 5.95 Å². The van der Waals surface area contributed by atoms with Crippen LogP contribution in [0.15, 0.2) is 58.5 Å². The van der Waals surface area contributed by atoms with E-state index in [1.165, 1.54) is 23.9 Å². The Kier molecular flexibility index (Phi) is 3.05. The highest BCUT2D eigenvalue weighted by Crippen LogP contribution is 2.31. The maximum atomic E-state index is 12.9. The number of hydrogen-bond acceptors (Lipinski definition) is 4. The third-order valence-corrected chi connectivity index (χ3v) is 3.63. The predicted octanol–water partition coefficient (Wildman–Crippen LogP) is 3.50. The molecule has 3 rings (SSSR count). The first-order valence-corrected chi connectivity index (χ1v) is 6.50. The van der Waals surface area contributed by atoms with Crippen molar-refractivity contribution in [1.82, 2.24) is 9.97 Å². The Morgan fingerprint density at radius 3 is 2.47 bits per heavy atom. The summed E-state index contributed by atoms with van der Waals surface area (Å²) < 4.78 is 12.9. The number of nitrogens with zero attached hydrogens (tertiary/aromatic N) is 2. The summed E-state index contributed by atoms with van der Waals surface area (Å²) in [5, 5.41) is 1.71. The number of benzene rings is 2. The molecule has 0 aliphatic carbocycles. The molecular formula is C14H10FN3S. The van der Waals surface area contributed by atoms with E-state index in [4.69, 9.17) is 5.73 Å².